The van der Waals surface area contributed by atoms with E-state index in [4.69, 9.17) is 5.11 Å². The fourth-order valence-electron chi connectivity index (χ4n) is 1.02. The lowest BCUT2D eigenvalue weighted by atomic mass is 9.95. The molecule has 0 rings (SSSR count). The fraction of sp³-hybridized carbons (Fsp3) is 0.750. The number of ketones is 1. The molecule has 0 radical (unpaired) electrons. The van der Waals surface area contributed by atoms with Gasteiger partial charge >= 0.3 is 5.97 Å². The Balaban J connectivity index is 3.93. The van der Waals surface area contributed by atoms with E-state index in [-0.39, 0.29) is 5.92 Å². The molecule has 0 aromatic rings. The molecule has 0 aliphatic heterocycles. The highest BCUT2D eigenvalue weighted by Gasteiger charge is 2.20. The van der Waals surface area contributed by atoms with E-state index in [0.717, 1.165) is 0 Å². The Morgan fingerprint density at radius 1 is 1.27 bits per heavy atom. The minimum absolute atomic E-state index is 0.354. The predicted molar refractivity (Wildman–Crippen MR) is 41.3 cm³/mol. The van der Waals surface area contributed by atoms with E-state index in [1.807, 2.05) is 13.8 Å². The minimum Gasteiger partial charge on any atom is -0.475 e. The number of carboxylic acid groups (broad SMARTS) is 1. The lowest BCUT2D eigenvalue weighted by Crippen LogP contribution is -2.22. The van der Waals surface area contributed by atoms with E-state index < -0.39 is 11.8 Å². The molecule has 0 aromatic heterocycles. The van der Waals surface area contributed by atoms with Crippen LogP contribution in [-0.4, -0.2) is 16.9 Å². The monoisotopic (exact) mass is 158 g/mol. The molecule has 3 heteroatoms. The topological polar surface area (TPSA) is 54.4 Å². The zero-order valence-corrected chi connectivity index (χ0v) is 7.13. The van der Waals surface area contributed by atoms with Crippen LogP contribution >= 0.6 is 0 Å². The van der Waals surface area contributed by atoms with Crippen molar-refractivity contribution in [1.82, 2.24) is 0 Å². The molecule has 11 heavy (non-hydrogen) atoms. The second-order valence-corrected chi connectivity index (χ2v) is 3.20. The van der Waals surface area contributed by atoms with Gasteiger partial charge in [0, 0.05) is 5.92 Å². The molecule has 0 fully saturated rings. The van der Waals surface area contributed by atoms with E-state index in [1.165, 1.54) is 0 Å². The van der Waals surface area contributed by atoms with E-state index in [0.29, 0.717) is 12.3 Å². The quantitative estimate of drug-likeness (QED) is 0.628. The molecule has 0 aliphatic carbocycles. The average molecular weight is 158 g/mol. The van der Waals surface area contributed by atoms with Gasteiger partial charge in [-0.25, -0.2) is 4.79 Å². The molecular formula is C8H14O3. The number of carbonyl (C=O) groups is 2. The predicted octanol–water partition coefficient (Wildman–Crippen LogP) is 1.32. The summed E-state index contributed by atoms with van der Waals surface area (Å²) in [7, 11) is 0. The Morgan fingerprint density at radius 2 is 1.73 bits per heavy atom. The lowest BCUT2D eigenvalue weighted by Gasteiger charge is -2.09. The fourth-order valence-corrected chi connectivity index (χ4v) is 1.02. The average Bonchev–Trinajstić information content (AvgIpc) is 1.84. The van der Waals surface area contributed by atoms with Crippen LogP contribution in [0.25, 0.3) is 0 Å². The van der Waals surface area contributed by atoms with Gasteiger partial charge in [0.1, 0.15) is 0 Å². The SMILES string of the molecule is CC(C)CC(C)C(=O)C(=O)O. The van der Waals surface area contributed by atoms with Crippen LogP contribution in [0.1, 0.15) is 27.2 Å². The molecule has 0 saturated carbocycles. The van der Waals surface area contributed by atoms with Crippen LogP contribution in [0, 0.1) is 11.8 Å². The van der Waals surface area contributed by atoms with E-state index >= 15 is 0 Å². The maximum Gasteiger partial charge on any atom is 0.372 e. The van der Waals surface area contributed by atoms with Gasteiger partial charge in [0.15, 0.2) is 0 Å². The first-order chi connectivity index (χ1) is 4.95. The highest BCUT2D eigenvalue weighted by molar-refractivity contribution is 6.33. The van der Waals surface area contributed by atoms with Crippen LogP contribution in [0.5, 0.6) is 0 Å². The van der Waals surface area contributed by atoms with Crippen molar-refractivity contribution in [3.05, 3.63) is 0 Å². The van der Waals surface area contributed by atoms with Crippen molar-refractivity contribution in [2.24, 2.45) is 11.8 Å². The number of carboxylic acids is 1. The zero-order valence-electron chi connectivity index (χ0n) is 7.13. The third kappa shape index (κ3) is 3.75. The first-order valence-corrected chi connectivity index (χ1v) is 3.72. The normalized spacial score (nSPS) is 13.1. The van der Waals surface area contributed by atoms with Gasteiger partial charge < -0.3 is 5.11 Å². The Kier molecular flexibility index (Phi) is 3.79. The van der Waals surface area contributed by atoms with Crippen LogP contribution in [0.3, 0.4) is 0 Å². The van der Waals surface area contributed by atoms with E-state index in [9.17, 15) is 9.59 Å². The van der Waals surface area contributed by atoms with Crippen molar-refractivity contribution in [2.45, 2.75) is 27.2 Å². The summed E-state index contributed by atoms with van der Waals surface area (Å²) >= 11 is 0. The first-order valence-electron chi connectivity index (χ1n) is 3.72. The highest BCUT2D eigenvalue weighted by Crippen LogP contribution is 2.11. The summed E-state index contributed by atoms with van der Waals surface area (Å²) in [4.78, 5) is 21.0. The molecule has 1 atom stereocenters. The molecule has 0 aromatic carbocycles. The van der Waals surface area contributed by atoms with Gasteiger partial charge in [-0.05, 0) is 12.3 Å². The van der Waals surface area contributed by atoms with Gasteiger partial charge in [-0.15, -0.1) is 0 Å². The summed E-state index contributed by atoms with van der Waals surface area (Å²) in [5.74, 6) is -1.99. The number of aliphatic carboxylic acids is 1. The molecule has 0 heterocycles. The molecule has 0 aliphatic rings. The van der Waals surface area contributed by atoms with Crippen LogP contribution < -0.4 is 0 Å². The molecule has 64 valence electrons. The maximum absolute atomic E-state index is 10.8. The van der Waals surface area contributed by atoms with E-state index in [2.05, 4.69) is 0 Å². The standard InChI is InChI=1S/C8H14O3/c1-5(2)4-6(3)7(9)8(10)11/h5-6H,4H2,1-3H3,(H,10,11). The van der Waals surface area contributed by atoms with Crippen molar-refractivity contribution >= 4 is 11.8 Å². The number of rotatable bonds is 4. The molecular weight excluding hydrogens is 144 g/mol. The minimum atomic E-state index is -1.32. The van der Waals surface area contributed by atoms with Gasteiger partial charge in [0.2, 0.25) is 5.78 Å². The first kappa shape index (κ1) is 10.1. The van der Waals surface area contributed by atoms with Crippen molar-refractivity contribution < 1.29 is 14.7 Å². The molecule has 1 N–H and O–H groups in total. The smallest absolute Gasteiger partial charge is 0.372 e. The molecule has 0 bridgehead atoms. The van der Waals surface area contributed by atoms with Crippen molar-refractivity contribution in [2.75, 3.05) is 0 Å². The highest BCUT2D eigenvalue weighted by atomic mass is 16.4. The molecule has 3 nitrogen and oxygen atoms in total. The van der Waals surface area contributed by atoms with Crippen LogP contribution in [-0.2, 0) is 9.59 Å². The Labute approximate surface area is 66.4 Å². The molecule has 0 amide bonds. The van der Waals surface area contributed by atoms with Gasteiger partial charge in [-0.3, -0.25) is 4.79 Å². The Hall–Kier alpha value is -0.860. The van der Waals surface area contributed by atoms with Crippen molar-refractivity contribution in [1.29, 1.82) is 0 Å². The summed E-state index contributed by atoms with van der Waals surface area (Å²) < 4.78 is 0. The zero-order chi connectivity index (χ0) is 9.02. The maximum atomic E-state index is 10.8. The second-order valence-electron chi connectivity index (χ2n) is 3.20. The van der Waals surface area contributed by atoms with E-state index in [1.54, 1.807) is 6.92 Å². The Morgan fingerprint density at radius 3 is 2.00 bits per heavy atom. The second kappa shape index (κ2) is 4.11. The molecule has 0 saturated heterocycles. The number of Topliss-reactive ketones (excluding diaryl/α,β-unsaturated/α-hetero) is 1. The van der Waals surface area contributed by atoms with Gasteiger partial charge in [-0.1, -0.05) is 20.8 Å². The third-order valence-electron chi connectivity index (χ3n) is 1.48. The lowest BCUT2D eigenvalue weighted by molar-refractivity contribution is -0.151. The van der Waals surface area contributed by atoms with Crippen molar-refractivity contribution in [3.63, 3.8) is 0 Å². The molecule has 1 unspecified atom stereocenters. The largest absolute Gasteiger partial charge is 0.475 e. The van der Waals surface area contributed by atoms with Crippen molar-refractivity contribution in [3.8, 4) is 0 Å². The number of hydrogen-bond acceptors (Lipinski definition) is 2. The summed E-state index contributed by atoms with van der Waals surface area (Å²) in [5, 5.41) is 8.32. The Bertz CT molecular complexity index is 161. The summed E-state index contributed by atoms with van der Waals surface area (Å²) in [5.41, 5.74) is 0. The van der Waals surface area contributed by atoms with Gasteiger partial charge in [-0.2, -0.15) is 0 Å². The summed E-state index contributed by atoms with van der Waals surface area (Å²) in [6.07, 6.45) is 0.644. The van der Waals surface area contributed by atoms with Gasteiger partial charge in [0.05, 0.1) is 0 Å². The van der Waals surface area contributed by atoms with Crippen LogP contribution in [0.15, 0.2) is 0 Å². The van der Waals surface area contributed by atoms with Gasteiger partial charge in [0.25, 0.3) is 0 Å². The summed E-state index contributed by atoms with van der Waals surface area (Å²) in [6, 6.07) is 0. The molecule has 0 spiro atoms. The number of carbonyl (C=O) groups excluding carboxylic acids is 1. The van der Waals surface area contributed by atoms with Crippen LogP contribution in [0.2, 0.25) is 0 Å². The van der Waals surface area contributed by atoms with Crippen LogP contribution in [0.4, 0.5) is 0 Å². The summed E-state index contributed by atoms with van der Waals surface area (Å²) in [6.45, 7) is 5.58. The number of hydrogen-bond donors (Lipinski definition) is 1. The third-order valence-corrected chi connectivity index (χ3v) is 1.48.